The summed E-state index contributed by atoms with van der Waals surface area (Å²) in [5, 5.41) is 8.11. The van der Waals surface area contributed by atoms with Crippen LogP contribution in [-0.4, -0.2) is 18.9 Å². The Hall–Kier alpha value is -1.22. The zero-order chi connectivity index (χ0) is 13.0. The number of rotatable bonds is 2. The summed E-state index contributed by atoms with van der Waals surface area (Å²) in [5.74, 6) is 0.0658. The Labute approximate surface area is 113 Å². The molecule has 0 aliphatic carbocycles. The van der Waals surface area contributed by atoms with Gasteiger partial charge in [0.05, 0.1) is 10.7 Å². The number of halogens is 1. The van der Waals surface area contributed by atoms with Crippen LogP contribution >= 0.6 is 11.6 Å². The van der Waals surface area contributed by atoms with E-state index in [2.05, 4.69) is 4.90 Å². The summed E-state index contributed by atoms with van der Waals surface area (Å²) in [6, 6.07) is 5.65. The second kappa shape index (κ2) is 6.10. The van der Waals surface area contributed by atoms with Crippen molar-refractivity contribution in [3.05, 3.63) is 28.8 Å². The van der Waals surface area contributed by atoms with E-state index in [9.17, 15) is 0 Å². The van der Waals surface area contributed by atoms with Crippen LogP contribution in [0.1, 0.15) is 37.7 Å². The van der Waals surface area contributed by atoms with Crippen LogP contribution in [0.5, 0.6) is 0 Å². The Balaban J connectivity index is 2.18. The Morgan fingerprint density at radius 1 is 1.11 bits per heavy atom. The van der Waals surface area contributed by atoms with Crippen molar-refractivity contribution >= 4 is 23.1 Å². The smallest absolute Gasteiger partial charge is 0.122 e. The van der Waals surface area contributed by atoms with Crippen molar-refractivity contribution in [3.8, 4) is 0 Å². The molecule has 1 aliphatic rings. The van der Waals surface area contributed by atoms with E-state index < -0.39 is 0 Å². The van der Waals surface area contributed by atoms with Crippen LogP contribution in [-0.2, 0) is 0 Å². The highest BCUT2D eigenvalue weighted by molar-refractivity contribution is 6.33. The lowest BCUT2D eigenvalue weighted by atomic mass is 10.1. The molecule has 1 fully saturated rings. The quantitative estimate of drug-likeness (QED) is 0.636. The van der Waals surface area contributed by atoms with Crippen molar-refractivity contribution in [1.82, 2.24) is 0 Å². The van der Waals surface area contributed by atoms with Gasteiger partial charge in [0.25, 0.3) is 0 Å². The van der Waals surface area contributed by atoms with Gasteiger partial charge in [-0.1, -0.05) is 30.9 Å². The summed E-state index contributed by atoms with van der Waals surface area (Å²) in [4.78, 5) is 2.35. The number of nitrogens with one attached hydrogen (secondary N) is 1. The highest BCUT2D eigenvalue weighted by atomic mass is 35.5. The molecule has 1 aromatic carbocycles. The van der Waals surface area contributed by atoms with Crippen LogP contribution in [0.25, 0.3) is 0 Å². The Kier molecular flexibility index (Phi) is 4.48. The monoisotopic (exact) mass is 265 g/mol. The molecule has 0 radical (unpaired) electrons. The van der Waals surface area contributed by atoms with Crippen LogP contribution in [0.4, 0.5) is 5.69 Å². The lowest BCUT2D eigenvalue weighted by Crippen LogP contribution is -2.27. The van der Waals surface area contributed by atoms with Crippen LogP contribution in [0, 0.1) is 5.41 Å². The van der Waals surface area contributed by atoms with Gasteiger partial charge < -0.3 is 10.6 Å². The largest absolute Gasteiger partial charge is 0.384 e. The minimum Gasteiger partial charge on any atom is -0.384 e. The Bertz CT molecular complexity index is 423. The van der Waals surface area contributed by atoms with Crippen molar-refractivity contribution in [1.29, 1.82) is 5.41 Å². The molecule has 18 heavy (non-hydrogen) atoms. The first kappa shape index (κ1) is 13.2. The summed E-state index contributed by atoms with van der Waals surface area (Å²) < 4.78 is 0. The average Bonchev–Trinajstić information content (AvgIpc) is 2.29. The normalized spacial score (nSPS) is 17.1. The molecule has 4 heteroatoms. The maximum atomic E-state index is 7.42. The Morgan fingerprint density at radius 2 is 1.72 bits per heavy atom. The van der Waals surface area contributed by atoms with Gasteiger partial charge in [0.1, 0.15) is 5.84 Å². The van der Waals surface area contributed by atoms with Gasteiger partial charge >= 0.3 is 0 Å². The molecule has 3 nitrogen and oxygen atoms in total. The van der Waals surface area contributed by atoms with Crippen molar-refractivity contribution in [2.75, 3.05) is 18.0 Å². The Morgan fingerprint density at radius 3 is 2.28 bits per heavy atom. The SMILES string of the molecule is N=C(N)c1ccc(N2CCCCCCC2)c(Cl)c1. The predicted octanol–water partition coefficient (Wildman–Crippen LogP) is 3.39. The standard InChI is InChI=1S/C14H20ClN3/c15-12-10-11(14(16)17)6-7-13(12)18-8-4-2-1-3-5-9-18/h6-7,10H,1-5,8-9H2,(H3,16,17). The molecule has 0 unspecified atom stereocenters. The third-order valence-electron chi connectivity index (χ3n) is 3.46. The summed E-state index contributed by atoms with van der Waals surface area (Å²) in [6.07, 6.45) is 6.42. The van der Waals surface area contributed by atoms with Gasteiger partial charge in [0.15, 0.2) is 0 Å². The van der Waals surface area contributed by atoms with E-state index in [0.717, 1.165) is 18.8 Å². The fraction of sp³-hybridized carbons (Fsp3) is 0.500. The average molecular weight is 266 g/mol. The molecular formula is C14H20ClN3. The number of amidine groups is 1. The van der Waals surface area contributed by atoms with E-state index in [1.807, 2.05) is 12.1 Å². The lowest BCUT2D eigenvalue weighted by Gasteiger charge is -2.27. The summed E-state index contributed by atoms with van der Waals surface area (Å²) in [6.45, 7) is 2.14. The van der Waals surface area contributed by atoms with Crippen LogP contribution in [0.3, 0.4) is 0 Å². The molecule has 0 amide bonds. The third kappa shape index (κ3) is 3.16. The first-order chi connectivity index (χ1) is 8.68. The van der Waals surface area contributed by atoms with Gasteiger partial charge in [0.2, 0.25) is 0 Å². The molecule has 0 spiro atoms. The minimum absolute atomic E-state index is 0.0658. The fourth-order valence-corrected chi connectivity index (χ4v) is 2.72. The molecule has 1 saturated heterocycles. The van der Waals surface area contributed by atoms with E-state index in [0.29, 0.717) is 10.6 Å². The molecule has 3 N–H and O–H groups in total. The molecule has 1 aromatic rings. The van der Waals surface area contributed by atoms with E-state index in [1.165, 1.54) is 32.1 Å². The number of nitrogens with two attached hydrogens (primary N) is 1. The van der Waals surface area contributed by atoms with Crippen molar-refractivity contribution < 1.29 is 0 Å². The fourth-order valence-electron chi connectivity index (χ4n) is 2.42. The molecule has 2 rings (SSSR count). The van der Waals surface area contributed by atoms with Gasteiger partial charge in [-0.15, -0.1) is 0 Å². The number of nitrogens with zero attached hydrogens (tertiary/aromatic N) is 1. The molecule has 98 valence electrons. The number of anilines is 1. The molecule has 0 aromatic heterocycles. The summed E-state index contributed by atoms with van der Waals surface area (Å²) >= 11 is 6.31. The molecule has 0 bridgehead atoms. The molecule has 0 atom stereocenters. The van der Waals surface area contributed by atoms with Crippen molar-refractivity contribution in [2.24, 2.45) is 5.73 Å². The van der Waals surface area contributed by atoms with Gasteiger partial charge in [-0.25, -0.2) is 0 Å². The number of nitrogen functional groups attached to an aromatic ring is 1. The molecular weight excluding hydrogens is 246 g/mol. The second-order valence-electron chi connectivity index (χ2n) is 4.83. The molecule has 1 aliphatic heterocycles. The van der Waals surface area contributed by atoms with Crippen LogP contribution < -0.4 is 10.6 Å². The maximum Gasteiger partial charge on any atom is 0.122 e. The highest BCUT2D eigenvalue weighted by Crippen LogP contribution is 2.28. The maximum absolute atomic E-state index is 7.42. The van der Waals surface area contributed by atoms with Gasteiger partial charge in [0, 0.05) is 18.7 Å². The van der Waals surface area contributed by atoms with E-state index in [-0.39, 0.29) is 5.84 Å². The van der Waals surface area contributed by atoms with Crippen molar-refractivity contribution in [2.45, 2.75) is 32.1 Å². The van der Waals surface area contributed by atoms with Gasteiger partial charge in [-0.3, -0.25) is 5.41 Å². The predicted molar refractivity (Wildman–Crippen MR) is 77.8 cm³/mol. The molecule has 0 saturated carbocycles. The highest BCUT2D eigenvalue weighted by Gasteiger charge is 2.13. The van der Waals surface area contributed by atoms with Crippen LogP contribution in [0.2, 0.25) is 5.02 Å². The van der Waals surface area contributed by atoms with Gasteiger partial charge in [-0.05, 0) is 31.0 Å². The van der Waals surface area contributed by atoms with E-state index >= 15 is 0 Å². The second-order valence-corrected chi connectivity index (χ2v) is 5.24. The van der Waals surface area contributed by atoms with E-state index in [4.69, 9.17) is 22.7 Å². The zero-order valence-corrected chi connectivity index (χ0v) is 11.3. The number of hydrogen-bond donors (Lipinski definition) is 2. The van der Waals surface area contributed by atoms with E-state index in [1.54, 1.807) is 6.07 Å². The summed E-state index contributed by atoms with van der Waals surface area (Å²) in [5.41, 5.74) is 7.23. The van der Waals surface area contributed by atoms with Crippen LogP contribution in [0.15, 0.2) is 18.2 Å². The number of benzene rings is 1. The summed E-state index contributed by atoms with van der Waals surface area (Å²) in [7, 11) is 0. The zero-order valence-electron chi connectivity index (χ0n) is 10.6. The number of hydrogen-bond acceptors (Lipinski definition) is 2. The van der Waals surface area contributed by atoms with Gasteiger partial charge in [-0.2, -0.15) is 0 Å². The molecule has 1 heterocycles. The minimum atomic E-state index is 0.0658. The third-order valence-corrected chi connectivity index (χ3v) is 3.76. The van der Waals surface area contributed by atoms with Crippen molar-refractivity contribution in [3.63, 3.8) is 0 Å². The first-order valence-corrected chi connectivity index (χ1v) is 6.95. The lowest BCUT2D eigenvalue weighted by molar-refractivity contribution is 0.556. The first-order valence-electron chi connectivity index (χ1n) is 6.57. The topological polar surface area (TPSA) is 53.1 Å².